The summed E-state index contributed by atoms with van der Waals surface area (Å²) in [5.74, 6) is 0.594. The van der Waals surface area contributed by atoms with E-state index in [1.807, 2.05) is 63.2 Å². The molecule has 1 amide bonds. The number of amides is 1. The molecule has 0 saturated heterocycles. The smallest absolute Gasteiger partial charge is 0.229 e. The second-order valence-corrected chi connectivity index (χ2v) is 6.86. The standard InChI is InChI=1S/C20H21N3O2/c1-20(2,3)19(24)23-17-12-16(11-14-7-6-10-22-18(14)17)25-13-15-8-4-5-9-21-15/h4-12H,13H2,1-3H3,(H,23,24). The Morgan fingerprint density at radius 2 is 1.88 bits per heavy atom. The van der Waals surface area contributed by atoms with E-state index < -0.39 is 5.41 Å². The summed E-state index contributed by atoms with van der Waals surface area (Å²) < 4.78 is 5.87. The molecule has 0 radical (unpaired) electrons. The molecule has 2 aromatic heterocycles. The Balaban J connectivity index is 1.90. The average molecular weight is 335 g/mol. The van der Waals surface area contributed by atoms with Crippen LogP contribution in [-0.4, -0.2) is 15.9 Å². The highest BCUT2D eigenvalue weighted by atomic mass is 16.5. The number of nitrogens with zero attached hydrogens (tertiary/aromatic N) is 2. The molecule has 5 nitrogen and oxygen atoms in total. The quantitative estimate of drug-likeness (QED) is 0.776. The van der Waals surface area contributed by atoms with Crippen LogP contribution in [-0.2, 0) is 11.4 Å². The van der Waals surface area contributed by atoms with Gasteiger partial charge < -0.3 is 10.1 Å². The number of hydrogen-bond donors (Lipinski definition) is 1. The molecule has 1 N–H and O–H groups in total. The first-order valence-electron chi connectivity index (χ1n) is 8.16. The van der Waals surface area contributed by atoms with E-state index in [2.05, 4.69) is 15.3 Å². The highest BCUT2D eigenvalue weighted by Crippen LogP contribution is 2.29. The van der Waals surface area contributed by atoms with E-state index in [0.717, 1.165) is 16.6 Å². The minimum absolute atomic E-state index is 0.0682. The third kappa shape index (κ3) is 4.12. The molecule has 0 saturated carbocycles. The van der Waals surface area contributed by atoms with Crippen molar-refractivity contribution in [3.05, 3.63) is 60.6 Å². The highest BCUT2D eigenvalue weighted by Gasteiger charge is 2.22. The molecule has 0 aliphatic carbocycles. The Kier molecular flexibility index (Phi) is 4.65. The van der Waals surface area contributed by atoms with E-state index in [-0.39, 0.29) is 5.91 Å². The van der Waals surface area contributed by atoms with E-state index in [9.17, 15) is 4.79 Å². The molecule has 3 aromatic rings. The van der Waals surface area contributed by atoms with Gasteiger partial charge in [0.15, 0.2) is 0 Å². The van der Waals surface area contributed by atoms with Gasteiger partial charge in [0.1, 0.15) is 12.4 Å². The van der Waals surface area contributed by atoms with Crippen molar-refractivity contribution in [2.24, 2.45) is 5.41 Å². The lowest BCUT2D eigenvalue weighted by molar-refractivity contribution is -0.123. The minimum Gasteiger partial charge on any atom is -0.487 e. The van der Waals surface area contributed by atoms with Gasteiger partial charge in [0.2, 0.25) is 5.91 Å². The van der Waals surface area contributed by atoms with Gasteiger partial charge >= 0.3 is 0 Å². The largest absolute Gasteiger partial charge is 0.487 e. The Hall–Kier alpha value is -2.95. The molecule has 0 bridgehead atoms. The third-order valence-electron chi connectivity index (χ3n) is 3.72. The summed E-state index contributed by atoms with van der Waals surface area (Å²) in [4.78, 5) is 21.0. The first-order valence-corrected chi connectivity index (χ1v) is 8.16. The molecule has 0 aliphatic rings. The minimum atomic E-state index is -0.494. The molecule has 128 valence electrons. The fraction of sp³-hybridized carbons (Fsp3) is 0.250. The summed E-state index contributed by atoms with van der Waals surface area (Å²) >= 11 is 0. The zero-order valence-corrected chi connectivity index (χ0v) is 14.6. The summed E-state index contributed by atoms with van der Waals surface area (Å²) in [5.41, 5.74) is 1.74. The Labute approximate surface area is 147 Å². The molecule has 0 unspecified atom stereocenters. The molecule has 1 aromatic carbocycles. The molecular weight excluding hydrogens is 314 g/mol. The maximum atomic E-state index is 12.4. The van der Waals surface area contributed by atoms with E-state index in [0.29, 0.717) is 18.0 Å². The van der Waals surface area contributed by atoms with Crippen LogP contribution in [0.4, 0.5) is 5.69 Å². The van der Waals surface area contributed by atoms with Crippen LogP contribution < -0.4 is 10.1 Å². The van der Waals surface area contributed by atoms with Crippen LogP contribution in [0.25, 0.3) is 10.9 Å². The summed E-state index contributed by atoms with van der Waals surface area (Å²) in [6.07, 6.45) is 3.45. The van der Waals surface area contributed by atoms with E-state index >= 15 is 0 Å². The number of anilines is 1. The lowest BCUT2D eigenvalue weighted by atomic mass is 9.95. The predicted octanol–water partition coefficient (Wildman–Crippen LogP) is 4.19. The number of aromatic nitrogens is 2. The summed E-state index contributed by atoms with van der Waals surface area (Å²) in [5, 5.41) is 3.87. The van der Waals surface area contributed by atoms with Gasteiger partial charge in [-0.3, -0.25) is 14.8 Å². The number of hydrogen-bond acceptors (Lipinski definition) is 4. The summed E-state index contributed by atoms with van der Waals surface area (Å²) in [6, 6.07) is 13.2. The van der Waals surface area contributed by atoms with Gasteiger partial charge in [-0.1, -0.05) is 32.9 Å². The second kappa shape index (κ2) is 6.89. The maximum Gasteiger partial charge on any atom is 0.229 e. The molecule has 0 atom stereocenters. The molecule has 2 heterocycles. The second-order valence-electron chi connectivity index (χ2n) is 6.86. The van der Waals surface area contributed by atoms with Crippen molar-refractivity contribution in [2.45, 2.75) is 27.4 Å². The van der Waals surface area contributed by atoms with Crippen LogP contribution in [0.2, 0.25) is 0 Å². The molecule has 25 heavy (non-hydrogen) atoms. The normalized spacial score (nSPS) is 11.3. The fourth-order valence-electron chi connectivity index (χ4n) is 2.29. The van der Waals surface area contributed by atoms with Gasteiger partial charge in [-0.05, 0) is 24.3 Å². The number of carbonyl (C=O) groups is 1. The van der Waals surface area contributed by atoms with Crippen molar-refractivity contribution in [3.8, 4) is 5.75 Å². The number of pyridine rings is 2. The van der Waals surface area contributed by atoms with Gasteiger partial charge in [0, 0.05) is 29.3 Å². The number of rotatable bonds is 4. The Morgan fingerprint density at radius 3 is 2.60 bits per heavy atom. The van der Waals surface area contributed by atoms with Crippen molar-refractivity contribution in [1.82, 2.24) is 9.97 Å². The maximum absolute atomic E-state index is 12.4. The number of fused-ring (bicyclic) bond motifs is 1. The number of carbonyl (C=O) groups excluding carboxylic acids is 1. The number of ether oxygens (including phenoxy) is 1. The lowest BCUT2D eigenvalue weighted by Gasteiger charge is -2.19. The lowest BCUT2D eigenvalue weighted by Crippen LogP contribution is -2.27. The van der Waals surface area contributed by atoms with Crippen LogP contribution in [0.3, 0.4) is 0 Å². The van der Waals surface area contributed by atoms with Crippen molar-refractivity contribution >= 4 is 22.5 Å². The molecule has 0 spiro atoms. The fourth-order valence-corrected chi connectivity index (χ4v) is 2.29. The molecule has 3 rings (SSSR count). The first kappa shape index (κ1) is 16.9. The SMILES string of the molecule is CC(C)(C)C(=O)Nc1cc(OCc2ccccn2)cc2cccnc12. The zero-order chi connectivity index (χ0) is 17.9. The van der Waals surface area contributed by atoms with Crippen molar-refractivity contribution in [3.63, 3.8) is 0 Å². The Bertz CT molecular complexity index is 886. The molecule has 5 heteroatoms. The molecule has 0 aliphatic heterocycles. The van der Waals surface area contributed by atoms with Gasteiger partial charge in [-0.2, -0.15) is 0 Å². The monoisotopic (exact) mass is 335 g/mol. The van der Waals surface area contributed by atoms with Crippen LogP contribution in [0.5, 0.6) is 5.75 Å². The van der Waals surface area contributed by atoms with Gasteiger partial charge in [0.05, 0.1) is 16.9 Å². The van der Waals surface area contributed by atoms with Gasteiger partial charge in [-0.25, -0.2) is 0 Å². The van der Waals surface area contributed by atoms with E-state index in [4.69, 9.17) is 4.74 Å². The van der Waals surface area contributed by atoms with E-state index in [1.54, 1.807) is 12.4 Å². The molecule has 0 fully saturated rings. The predicted molar refractivity (Wildman–Crippen MR) is 98.4 cm³/mol. The van der Waals surface area contributed by atoms with E-state index in [1.165, 1.54) is 0 Å². The molecular formula is C20H21N3O2. The third-order valence-corrected chi connectivity index (χ3v) is 3.72. The van der Waals surface area contributed by atoms with Crippen molar-refractivity contribution in [1.29, 1.82) is 0 Å². The zero-order valence-electron chi connectivity index (χ0n) is 14.6. The van der Waals surface area contributed by atoms with Crippen molar-refractivity contribution in [2.75, 3.05) is 5.32 Å². The van der Waals surface area contributed by atoms with Crippen LogP contribution in [0.15, 0.2) is 54.9 Å². The number of benzene rings is 1. The number of nitrogens with one attached hydrogen (secondary N) is 1. The summed E-state index contributed by atoms with van der Waals surface area (Å²) in [6.45, 7) is 5.98. The average Bonchev–Trinajstić information content (AvgIpc) is 2.60. The first-order chi connectivity index (χ1) is 11.9. The van der Waals surface area contributed by atoms with Crippen LogP contribution in [0, 0.1) is 5.41 Å². The summed E-state index contributed by atoms with van der Waals surface area (Å²) in [7, 11) is 0. The Morgan fingerprint density at radius 1 is 1.08 bits per heavy atom. The van der Waals surface area contributed by atoms with Gasteiger partial charge in [0.25, 0.3) is 0 Å². The highest BCUT2D eigenvalue weighted by molar-refractivity contribution is 6.02. The van der Waals surface area contributed by atoms with Crippen LogP contribution in [0.1, 0.15) is 26.5 Å². The van der Waals surface area contributed by atoms with Crippen LogP contribution >= 0.6 is 0 Å². The van der Waals surface area contributed by atoms with Crippen molar-refractivity contribution < 1.29 is 9.53 Å². The van der Waals surface area contributed by atoms with Gasteiger partial charge in [-0.15, -0.1) is 0 Å². The topological polar surface area (TPSA) is 64.1 Å².